The summed E-state index contributed by atoms with van der Waals surface area (Å²) in [5.74, 6) is 1.51. The fourth-order valence-electron chi connectivity index (χ4n) is 2.02. The van der Waals surface area contributed by atoms with Crippen LogP contribution in [0.25, 0.3) is 0 Å². The summed E-state index contributed by atoms with van der Waals surface area (Å²) in [7, 11) is 0. The summed E-state index contributed by atoms with van der Waals surface area (Å²) in [6, 6.07) is 0.449. The van der Waals surface area contributed by atoms with Gasteiger partial charge in [-0.15, -0.1) is 0 Å². The predicted octanol–water partition coefficient (Wildman–Crippen LogP) is -1.33. The second kappa shape index (κ2) is 3.03. The summed E-state index contributed by atoms with van der Waals surface area (Å²) < 4.78 is 0. The van der Waals surface area contributed by atoms with Gasteiger partial charge < -0.3 is 16.4 Å². The molecule has 1 amide bonds. The van der Waals surface area contributed by atoms with E-state index in [2.05, 4.69) is 10.6 Å². The van der Waals surface area contributed by atoms with E-state index in [1.54, 1.807) is 0 Å². The highest BCUT2D eigenvalue weighted by molar-refractivity contribution is 5.77. The van der Waals surface area contributed by atoms with Gasteiger partial charge in [0.15, 0.2) is 0 Å². The van der Waals surface area contributed by atoms with Crippen LogP contribution >= 0.6 is 0 Å². The van der Waals surface area contributed by atoms with Crippen molar-refractivity contribution in [2.75, 3.05) is 19.6 Å². The molecule has 68 valence electrons. The molecule has 1 aliphatic heterocycles. The minimum absolute atomic E-state index is 0.108. The topological polar surface area (TPSA) is 67.2 Å². The number of nitrogens with two attached hydrogens (primary N) is 1. The van der Waals surface area contributed by atoms with E-state index in [1.165, 1.54) is 0 Å². The number of amides is 1. The highest BCUT2D eigenvalue weighted by Gasteiger charge is 2.53. The van der Waals surface area contributed by atoms with Gasteiger partial charge in [-0.1, -0.05) is 0 Å². The maximum Gasteiger partial charge on any atom is 0.221 e. The summed E-state index contributed by atoms with van der Waals surface area (Å²) in [4.78, 5) is 11.1. The van der Waals surface area contributed by atoms with E-state index in [9.17, 15) is 4.79 Å². The molecule has 1 heterocycles. The predicted molar refractivity (Wildman–Crippen MR) is 45.5 cm³/mol. The monoisotopic (exact) mass is 169 g/mol. The van der Waals surface area contributed by atoms with Crippen LogP contribution in [0, 0.1) is 11.8 Å². The minimum Gasteiger partial charge on any atom is -0.353 e. The van der Waals surface area contributed by atoms with Gasteiger partial charge in [0.05, 0.1) is 0 Å². The molecule has 1 saturated carbocycles. The molecule has 1 saturated heterocycles. The summed E-state index contributed by atoms with van der Waals surface area (Å²) >= 11 is 0. The third-order valence-electron chi connectivity index (χ3n) is 2.79. The lowest BCUT2D eigenvalue weighted by Gasteiger charge is -2.06. The highest BCUT2D eigenvalue weighted by atomic mass is 16.1. The van der Waals surface area contributed by atoms with Gasteiger partial charge in [-0.05, 0) is 11.8 Å². The molecule has 1 aliphatic carbocycles. The molecule has 0 radical (unpaired) electrons. The second-order valence-electron chi connectivity index (χ2n) is 3.62. The van der Waals surface area contributed by atoms with Gasteiger partial charge in [0.2, 0.25) is 5.91 Å². The zero-order valence-electron chi connectivity index (χ0n) is 7.05. The molecule has 3 atom stereocenters. The van der Waals surface area contributed by atoms with Crippen LogP contribution in [0.2, 0.25) is 0 Å². The Hall–Kier alpha value is -0.610. The SMILES string of the molecule is NCCC(=O)NC1[C@H]2CNC[C@@H]12. The number of hydrogen-bond acceptors (Lipinski definition) is 3. The van der Waals surface area contributed by atoms with Crippen molar-refractivity contribution in [3.8, 4) is 0 Å². The van der Waals surface area contributed by atoms with Gasteiger partial charge in [-0.3, -0.25) is 4.79 Å². The van der Waals surface area contributed by atoms with Crippen LogP contribution in [-0.2, 0) is 4.79 Å². The molecule has 2 rings (SSSR count). The van der Waals surface area contributed by atoms with Gasteiger partial charge >= 0.3 is 0 Å². The Balaban J connectivity index is 1.72. The van der Waals surface area contributed by atoms with Crippen LogP contribution in [-0.4, -0.2) is 31.6 Å². The lowest BCUT2D eigenvalue weighted by atomic mass is 10.3. The van der Waals surface area contributed by atoms with Gasteiger partial charge in [-0.2, -0.15) is 0 Å². The molecule has 0 aromatic heterocycles. The lowest BCUT2D eigenvalue weighted by molar-refractivity contribution is -0.121. The standard InChI is InChI=1S/C8H15N3O/c9-2-1-7(12)11-8-5-3-10-4-6(5)8/h5-6,8,10H,1-4,9H2,(H,11,12)/t5-,6+,8?. The molecule has 2 aliphatic rings. The van der Waals surface area contributed by atoms with E-state index in [-0.39, 0.29) is 5.91 Å². The van der Waals surface area contributed by atoms with Crippen LogP contribution in [0.15, 0.2) is 0 Å². The van der Waals surface area contributed by atoms with Crippen LogP contribution in [0.4, 0.5) is 0 Å². The van der Waals surface area contributed by atoms with Crippen LogP contribution in [0.1, 0.15) is 6.42 Å². The molecule has 4 N–H and O–H groups in total. The maximum absolute atomic E-state index is 11.1. The Kier molecular flexibility index (Phi) is 2.02. The molecule has 1 unspecified atom stereocenters. The third kappa shape index (κ3) is 1.32. The largest absolute Gasteiger partial charge is 0.353 e. The van der Waals surface area contributed by atoms with E-state index in [0.717, 1.165) is 13.1 Å². The first-order valence-electron chi connectivity index (χ1n) is 4.53. The molecule has 2 fully saturated rings. The first kappa shape index (κ1) is 8.01. The minimum atomic E-state index is 0.108. The van der Waals surface area contributed by atoms with Crippen LogP contribution in [0.5, 0.6) is 0 Å². The van der Waals surface area contributed by atoms with E-state index in [0.29, 0.717) is 30.8 Å². The number of rotatable bonds is 3. The Morgan fingerprint density at radius 2 is 2.17 bits per heavy atom. The third-order valence-corrected chi connectivity index (χ3v) is 2.79. The average molecular weight is 169 g/mol. The number of carbonyl (C=O) groups excluding carboxylic acids is 1. The molecule has 0 spiro atoms. The summed E-state index contributed by atoms with van der Waals surface area (Å²) in [6.45, 7) is 2.59. The van der Waals surface area contributed by atoms with Crippen molar-refractivity contribution in [1.29, 1.82) is 0 Å². The number of piperidine rings is 1. The normalized spacial score (nSPS) is 37.6. The highest BCUT2D eigenvalue weighted by Crippen LogP contribution is 2.41. The fourth-order valence-corrected chi connectivity index (χ4v) is 2.02. The quantitative estimate of drug-likeness (QED) is 0.490. The molecule has 0 bridgehead atoms. The Bertz CT molecular complexity index is 185. The zero-order valence-corrected chi connectivity index (χ0v) is 7.05. The average Bonchev–Trinajstić information content (AvgIpc) is 2.51. The summed E-state index contributed by atoms with van der Waals surface area (Å²) in [6.07, 6.45) is 0.462. The first-order valence-corrected chi connectivity index (χ1v) is 4.53. The first-order chi connectivity index (χ1) is 5.83. The lowest BCUT2D eigenvalue weighted by Crippen LogP contribution is -2.33. The van der Waals surface area contributed by atoms with Crippen molar-refractivity contribution in [2.24, 2.45) is 17.6 Å². The number of nitrogens with one attached hydrogen (secondary N) is 2. The van der Waals surface area contributed by atoms with E-state index >= 15 is 0 Å². The molecule has 4 heteroatoms. The van der Waals surface area contributed by atoms with E-state index in [1.807, 2.05) is 0 Å². The van der Waals surface area contributed by atoms with Crippen molar-refractivity contribution in [3.63, 3.8) is 0 Å². The van der Waals surface area contributed by atoms with Crippen LogP contribution < -0.4 is 16.4 Å². The van der Waals surface area contributed by atoms with Gasteiger partial charge in [0, 0.05) is 32.1 Å². The van der Waals surface area contributed by atoms with Crippen LogP contribution in [0.3, 0.4) is 0 Å². The fraction of sp³-hybridized carbons (Fsp3) is 0.875. The maximum atomic E-state index is 11.1. The second-order valence-corrected chi connectivity index (χ2v) is 3.62. The van der Waals surface area contributed by atoms with E-state index in [4.69, 9.17) is 5.73 Å². The number of fused-ring (bicyclic) bond motifs is 1. The van der Waals surface area contributed by atoms with Crippen molar-refractivity contribution < 1.29 is 4.79 Å². The molecule has 12 heavy (non-hydrogen) atoms. The van der Waals surface area contributed by atoms with Gasteiger partial charge in [-0.25, -0.2) is 0 Å². The smallest absolute Gasteiger partial charge is 0.221 e. The van der Waals surface area contributed by atoms with Crippen molar-refractivity contribution in [2.45, 2.75) is 12.5 Å². The Labute approximate surface area is 71.9 Å². The molecule has 4 nitrogen and oxygen atoms in total. The van der Waals surface area contributed by atoms with Crippen molar-refractivity contribution in [3.05, 3.63) is 0 Å². The van der Waals surface area contributed by atoms with E-state index < -0.39 is 0 Å². The number of carbonyl (C=O) groups is 1. The molecule has 0 aromatic carbocycles. The molecular formula is C8H15N3O. The summed E-state index contributed by atoms with van der Waals surface area (Å²) in [5.41, 5.74) is 5.27. The number of hydrogen-bond donors (Lipinski definition) is 3. The Morgan fingerprint density at radius 3 is 2.75 bits per heavy atom. The van der Waals surface area contributed by atoms with Crippen molar-refractivity contribution in [1.82, 2.24) is 10.6 Å². The van der Waals surface area contributed by atoms with Gasteiger partial charge in [0.1, 0.15) is 0 Å². The summed E-state index contributed by atoms with van der Waals surface area (Å²) in [5, 5.41) is 6.28. The Morgan fingerprint density at radius 1 is 1.50 bits per heavy atom. The van der Waals surface area contributed by atoms with Gasteiger partial charge in [0.25, 0.3) is 0 Å². The zero-order chi connectivity index (χ0) is 8.55. The van der Waals surface area contributed by atoms with Crippen molar-refractivity contribution >= 4 is 5.91 Å². The molecule has 0 aromatic rings. The molecular weight excluding hydrogens is 154 g/mol.